The van der Waals surface area contributed by atoms with Crippen LogP contribution in [0.4, 0.5) is 5.69 Å². The highest BCUT2D eigenvalue weighted by Gasteiger charge is 2.06. The van der Waals surface area contributed by atoms with Gasteiger partial charge >= 0.3 is 0 Å². The molecule has 3 nitrogen and oxygen atoms in total. The minimum atomic E-state index is -0.165. The molecule has 2 aromatic rings. The second-order valence-corrected chi connectivity index (χ2v) is 5.83. The zero-order valence-corrected chi connectivity index (χ0v) is 14.1. The fraction of sp³-hybridized carbons (Fsp3) is 0.316. The van der Waals surface area contributed by atoms with Crippen molar-refractivity contribution in [2.75, 3.05) is 11.9 Å². The summed E-state index contributed by atoms with van der Waals surface area (Å²) in [6.45, 7) is 2.90. The van der Waals surface area contributed by atoms with Crippen molar-refractivity contribution >= 4 is 23.2 Å². The predicted molar refractivity (Wildman–Crippen MR) is 95.5 cm³/mol. The van der Waals surface area contributed by atoms with E-state index in [0.29, 0.717) is 22.9 Å². The van der Waals surface area contributed by atoms with E-state index in [4.69, 9.17) is 16.3 Å². The molecule has 0 saturated heterocycles. The first kappa shape index (κ1) is 17.4. The van der Waals surface area contributed by atoms with Gasteiger partial charge in [-0.2, -0.15) is 0 Å². The Labute approximate surface area is 142 Å². The topological polar surface area (TPSA) is 38.3 Å². The quantitative estimate of drug-likeness (QED) is 0.644. The third kappa shape index (κ3) is 5.95. The van der Waals surface area contributed by atoms with Crippen molar-refractivity contribution in [1.29, 1.82) is 0 Å². The van der Waals surface area contributed by atoms with Crippen LogP contribution in [0.5, 0.6) is 5.75 Å². The molecule has 0 spiro atoms. The van der Waals surface area contributed by atoms with Crippen LogP contribution in [-0.2, 0) is 0 Å². The largest absolute Gasteiger partial charge is 0.494 e. The first-order valence-corrected chi connectivity index (χ1v) is 8.36. The lowest BCUT2D eigenvalue weighted by molar-refractivity contribution is 0.102. The third-order valence-corrected chi connectivity index (χ3v) is 3.70. The maximum atomic E-state index is 12.2. The molecule has 23 heavy (non-hydrogen) atoms. The highest BCUT2D eigenvalue weighted by Crippen LogP contribution is 2.17. The molecule has 0 bridgehead atoms. The fourth-order valence-corrected chi connectivity index (χ4v) is 2.38. The SMILES string of the molecule is CCCCCCOc1ccc(C(=O)Nc2cccc(Cl)c2)cc1. The maximum Gasteiger partial charge on any atom is 0.255 e. The van der Waals surface area contributed by atoms with Gasteiger partial charge in [0.2, 0.25) is 0 Å². The number of carbonyl (C=O) groups is 1. The van der Waals surface area contributed by atoms with Crippen LogP contribution in [0.15, 0.2) is 48.5 Å². The fourth-order valence-electron chi connectivity index (χ4n) is 2.19. The molecule has 2 rings (SSSR count). The molecule has 4 heteroatoms. The number of benzene rings is 2. The molecule has 0 fully saturated rings. The molecule has 0 aliphatic carbocycles. The van der Waals surface area contributed by atoms with Gasteiger partial charge in [-0.15, -0.1) is 0 Å². The van der Waals surface area contributed by atoms with Crippen molar-refractivity contribution in [3.63, 3.8) is 0 Å². The van der Waals surface area contributed by atoms with Gasteiger partial charge in [-0.1, -0.05) is 43.9 Å². The minimum Gasteiger partial charge on any atom is -0.494 e. The number of rotatable bonds is 8. The standard InChI is InChI=1S/C19H22ClNO2/c1-2-3-4-5-13-23-18-11-9-15(10-12-18)19(22)21-17-8-6-7-16(20)14-17/h6-12,14H,2-5,13H2,1H3,(H,21,22). The highest BCUT2D eigenvalue weighted by molar-refractivity contribution is 6.30. The van der Waals surface area contributed by atoms with E-state index in [1.54, 1.807) is 36.4 Å². The summed E-state index contributed by atoms with van der Waals surface area (Å²) in [5, 5.41) is 3.41. The van der Waals surface area contributed by atoms with E-state index in [1.807, 2.05) is 12.1 Å². The second kappa shape index (κ2) is 9.21. The van der Waals surface area contributed by atoms with Crippen LogP contribution in [0.25, 0.3) is 0 Å². The molecular formula is C19H22ClNO2. The summed E-state index contributed by atoms with van der Waals surface area (Å²) in [4.78, 5) is 12.2. The van der Waals surface area contributed by atoms with Gasteiger partial charge in [0.15, 0.2) is 0 Å². The molecule has 0 aromatic heterocycles. The summed E-state index contributed by atoms with van der Waals surface area (Å²) in [7, 11) is 0. The lowest BCUT2D eigenvalue weighted by Crippen LogP contribution is -2.11. The van der Waals surface area contributed by atoms with Gasteiger partial charge in [0.05, 0.1) is 6.61 Å². The predicted octanol–water partition coefficient (Wildman–Crippen LogP) is 5.55. The van der Waals surface area contributed by atoms with Crippen LogP contribution in [0.1, 0.15) is 43.0 Å². The molecule has 0 radical (unpaired) electrons. The Bertz CT molecular complexity index is 626. The molecule has 0 saturated carbocycles. The number of hydrogen-bond donors (Lipinski definition) is 1. The number of unbranched alkanes of at least 4 members (excludes halogenated alkanes) is 3. The number of carbonyl (C=O) groups excluding carboxylic acids is 1. The van der Waals surface area contributed by atoms with E-state index in [2.05, 4.69) is 12.2 Å². The molecule has 0 aliphatic rings. The summed E-state index contributed by atoms with van der Waals surface area (Å²) in [5.74, 6) is 0.627. The Kier molecular flexibility index (Phi) is 6.95. The second-order valence-electron chi connectivity index (χ2n) is 5.40. The van der Waals surface area contributed by atoms with Crippen molar-refractivity contribution in [2.24, 2.45) is 0 Å². The molecular weight excluding hydrogens is 310 g/mol. The summed E-state index contributed by atoms with van der Waals surface area (Å²) in [6.07, 6.45) is 4.71. The van der Waals surface area contributed by atoms with Gasteiger partial charge in [0.1, 0.15) is 5.75 Å². The smallest absolute Gasteiger partial charge is 0.255 e. The van der Waals surface area contributed by atoms with Crippen molar-refractivity contribution in [1.82, 2.24) is 0 Å². The van der Waals surface area contributed by atoms with E-state index in [1.165, 1.54) is 19.3 Å². The van der Waals surface area contributed by atoms with Crippen molar-refractivity contribution in [2.45, 2.75) is 32.6 Å². The summed E-state index contributed by atoms with van der Waals surface area (Å²) < 4.78 is 5.67. The average Bonchev–Trinajstić information content (AvgIpc) is 2.55. The average molecular weight is 332 g/mol. The van der Waals surface area contributed by atoms with Gasteiger partial charge in [0.25, 0.3) is 5.91 Å². The van der Waals surface area contributed by atoms with Gasteiger partial charge in [-0.05, 0) is 48.9 Å². The number of nitrogens with one attached hydrogen (secondary N) is 1. The monoisotopic (exact) mass is 331 g/mol. The van der Waals surface area contributed by atoms with E-state index >= 15 is 0 Å². The summed E-state index contributed by atoms with van der Waals surface area (Å²) in [6, 6.07) is 14.3. The molecule has 122 valence electrons. The zero-order valence-electron chi connectivity index (χ0n) is 13.3. The Morgan fingerprint density at radius 2 is 1.87 bits per heavy atom. The van der Waals surface area contributed by atoms with E-state index < -0.39 is 0 Å². The molecule has 1 amide bonds. The number of ether oxygens (including phenoxy) is 1. The Balaban J connectivity index is 1.85. The van der Waals surface area contributed by atoms with Crippen LogP contribution in [0.3, 0.4) is 0 Å². The van der Waals surface area contributed by atoms with Crippen LogP contribution < -0.4 is 10.1 Å². The Morgan fingerprint density at radius 3 is 2.57 bits per heavy atom. The van der Waals surface area contributed by atoms with Crippen LogP contribution in [0.2, 0.25) is 5.02 Å². The molecule has 0 unspecified atom stereocenters. The highest BCUT2D eigenvalue weighted by atomic mass is 35.5. The van der Waals surface area contributed by atoms with Gasteiger partial charge in [-0.25, -0.2) is 0 Å². The van der Waals surface area contributed by atoms with Crippen LogP contribution in [-0.4, -0.2) is 12.5 Å². The van der Waals surface area contributed by atoms with Gasteiger partial charge in [-0.3, -0.25) is 4.79 Å². The molecule has 0 heterocycles. The first-order chi connectivity index (χ1) is 11.2. The zero-order chi connectivity index (χ0) is 16.5. The third-order valence-electron chi connectivity index (χ3n) is 3.47. The molecule has 0 aliphatic heterocycles. The first-order valence-electron chi connectivity index (χ1n) is 7.99. The van der Waals surface area contributed by atoms with E-state index in [-0.39, 0.29) is 5.91 Å². The normalized spacial score (nSPS) is 10.3. The number of anilines is 1. The van der Waals surface area contributed by atoms with Crippen molar-refractivity contribution < 1.29 is 9.53 Å². The van der Waals surface area contributed by atoms with Crippen LogP contribution in [0, 0.1) is 0 Å². The molecule has 0 atom stereocenters. The van der Waals surface area contributed by atoms with Crippen molar-refractivity contribution in [3.05, 3.63) is 59.1 Å². The number of amides is 1. The molecule has 1 N–H and O–H groups in total. The minimum absolute atomic E-state index is 0.165. The van der Waals surface area contributed by atoms with Crippen LogP contribution >= 0.6 is 11.6 Å². The summed E-state index contributed by atoms with van der Waals surface area (Å²) in [5.41, 5.74) is 1.27. The Hall–Kier alpha value is -2.00. The van der Waals surface area contributed by atoms with Crippen molar-refractivity contribution in [3.8, 4) is 5.75 Å². The van der Waals surface area contributed by atoms with Gasteiger partial charge < -0.3 is 10.1 Å². The Morgan fingerprint density at radius 1 is 1.09 bits per heavy atom. The number of hydrogen-bond acceptors (Lipinski definition) is 2. The summed E-state index contributed by atoms with van der Waals surface area (Å²) >= 11 is 5.91. The van der Waals surface area contributed by atoms with E-state index in [9.17, 15) is 4.79 Å². The molecule has 2 aromatic carbocycles. The lowest BCUT2D eigenvalue weighted by Gasteiger charge is -2.08. The van der Waals surface area contributed by atoms with Gasteiger partial charge in [0, 0.05) is 16.3 Å². The van der Waals surface area contributed by atoms with E-state index in [0.717, 1.165) is 12.2 Å². The number of halogens is 1. The maximum absolute atomic E-state index is 12.2. The lowest BCUT2D eigenvalue weighted by atomic mass is 10.2.